The lowest BCUT2D eigenvalue weighted by Crippen LogP contribution is -2.40. The summed E-state index contributed by atoms with van der Waals surface area (Å²) in [6, 6.07) is 3.84. The molecule has 7 nitrogen and oxygen atoms in total. The van der Waals surface area contributed by atoms with Crippen LogP contribution in [0, 0.1) is 0 Å². The van der Waals surface area contributed by atoms with Crippen LogP contribution in [-0.4, -0.2) is 49.6 Å². The van der Waals surface area contributed by atoms with Gasteiger partial charge in [-0.3, -0.25) is 4.79 Å². The molecule has 1 aromatic rings. The highest BCUT2D eigenvalue weighted by Crippen LogP contribution is 2.33. The molecule has 0 atom stereocenters. The number of carbonyl (C=O) groups is 1. The van der Waals surface area contributed by atoms with Crippen molar-refractivity contribution >= 4 is 16.0 Å². The van der Waals surface area contributed by atoms with Gasteiger partial charge in [0.15, 0.2) is 11.5 Å². The zero-order valence-corrected chi connectivity index (χ0v) is 13.3. The average molecular weight is 329 g/mol. The van der Waals surface area contributed by atoms with Gasteiger partial charge < -0.3 is 14.6 Å². The lowest BCUT2D eigenvalue weighted by molar-refractivity contribution is -0.137. The molecule has 0 spiro atoms. The summed E-state index contributed by atoms with van der Waals surface area (Å²) >= 11 is 0. The normalized spacial score (nSPS) is 14.9. The fourth-order valence-electron chi connectivity index (χ4n) is 2.12. The van der Waals surface area contributed by atoms with E-state index in [-0.39, 0.29) is 4.90 Å². The summed E-state index contributed by atoms with van der Waals surface area (Å²) in [5.41, 5.74) is 0. The lowest BCUT2D eigenvalue weighted by Gasteiger charge is -2.24. The van der Waals surface area contributed by atoms with Gasteiger partial charge in [-0.2, -0.15) is 4.31 Å². The zero-order valence-electron chi connectivity index (χ0n) is 12.5. The molecule has 1 aromatic carbocycles. The number of sulfonamides is 1. The Balaban J connectivity index is 2.40. The van der Waals surface area contributed by atoms with E-state index in [4.69, 9.17) is 14.6 Å². The fourth-order valence-corrected chi connectivity index (χ4v) is 3.72. The van der Waals surface area contributed by atoms with E-state index < -0.39 is 28.6 Å². The van der Waals surface area contributed by atoms with Crippen molar-refractivity contribution in [2.75, 3.05) is 19.8 Å². The molecule has 22 heavy (non-hydrogen) atoms. The highest BCUT2D eigenvalue weighted by molar-refractivity contribution is 7.89. The Morgan fingerprint density at radius 3 is 2.50 bits per heavy atom. The predicted octanol–water partition coefficient (Wildman–Crippen LogP) is 1.33. The van der Waals surface area contributed by atoms with Crippen LogP contribution in [0.15, 0.2) is 23.1 Å². The van der Waals surface area contributed by atoms with E-state index in [0.717, 1.165) is 4.31 Å². The van der Waals surface area contributed by atoms with Crippen LogP contribution in [-0.2, 0) is 14.8 Å². The Hall–Kier alpha value is -1.80. The molecule has 0 aromatic heterocycles. The number of hydrogen-bond donors (Lipinski definition) is 1. The van der Waals surface area contributed by atoms with Crippen molar-refractivity contribution in [3.63, 3.8) is 0 Å². The zero-order chi connectivity index (χ0) is 16.3. The summed E-state index contributed by atoms with van der Waals surface area (Å²) in [5.74, 6) is -0.352. The van der Waals surface area contributed by atoms with Crippen LogP contribution < -0.4 is 9.47 Å². The first kappa shape index (κ1) is 16.6. The number of nitrogens with zero attached hydrogens (tertiary/aromatic N) is 1. The molecule has 1 N–H and O–H groups in total. The van der Waals surface area contributed by atoms with Crippen molar-refractivity contribution in [1.29, 1.82) is 0 Å². The highest BCUT2D eigenvalue weighted by Gasteiger charge is 2.30. The highest BCUT2D eigenvalue weighted by atomic mass is 32.2. The van der Waals surface area contributed by atoms with Crippen LogP contribution >= 0.6 is 0 Å². The van der Waals surface area contributed by atoms with E-state index in [1.807, 2.05) is 0 Å². The molecule has 0 fully saturated rings. The van der Waals surface area contributed by atoms with E-state index in [1.165, 1.54) is 18.2 Å². The van der Waals surface area contributed by atoms with Gasteiger partial charge >= 0.3 is 5.97 Å². The van der Waals surface area contributed by atoms with Crippen LogP contribution in [0.5, 0.6) is 11.5 Å². The topological polar surface area (TPSA) is 93.1 Å². The molecular weight excluding hydrogens is 310 g/mol. The second-order valence-corrected chi connectivity index (χ2v) is 7.09. The maximum absolute atomic E-state index is 12.6. The monoisotopic (exact) mass is 329 g/mol. The number of ether oxygens (including phenoxy) is 2. The number of fused-ring (bicyclic) bond motifs is 1. The second-order valence-electron chi connectivity index (χ2n) is 5.20. The Morgan fingerprint density at radius 2 is 1.91 bits per heavy atom. The van der Waals surface area contributed by atoms with E-state index >= 15 is 0 Å². The molecule has 0 amide bonds. The van der Waals surface area contributed by atoms with Gasteiger partial charge in [0.05, 0.1) is 18.1 Å². The minimum atomic E-state index is -3.92. The van der Waals surface area contributed by atoms with Crippen LogP contribution in [0.2, 0.25) is 0 Å². The SMILES string of the molecule is CC(C)N(CC(=O)O)S(=O)(=O)c1ccc2c(c1)OCCCO2. The molecule has 0 aliphatic carbocycles. The summed E-state index contributed by atoms with van der Waals surface area (Å²) in [5, 5.41) is 8.92. The maximum atomic E-state index is 12.6. The van der Waals surface area contributed by atoms with Gasteiger partial charge in [-0.1, -0.05) is 0 Å². The number of hydrogen-bond acceptors (Lipinski definition) is 5. The van der Waals surface area contributed by atoms with E-state index in [0.29, 0.717) is 31.1 Å². The molecular formula is C14H19NO6S. The smallest absolute Gasteiger partial charge is 0.318 e. The van der Waals surface area contributed by atoms with Crippen molar-refractivity contribution in [3.05, 3.63) is 18.2 Å². The van der Waals surface area contributed by atoms with Gasteiger partial charge in [0.1, 0.15) is 6.54 Å². The minimum absolute atomic E-state index is 0.00769. The molecule has 0 bridgehead atoms. The summed E-state index contributed by atoms with van der Waals surface area (Å²) in [4.78, 5) is 10.9. The standard InChI is InChI=1S/C14H19NO6S/c1-10(2)15(9-14(16)17)22(18,19)11-4-5-12-13(8-11)21-7-3-6-20-12/h4-5,8,10H,3,6-7,9H2,1-2H3,(H,16,17). The van der Waals surface area contributed by atoms with Gasteiger partial charge in [-0.15, -0.1) is 0 Å². The maximum Gasteiger partial charge on any atom is 0.318 e. The molecule has 8 heteroatoms. The fraction of sp³-hybridized carbons (Fsp3) is 0.500. The third-order valence-corrected chi connectivity index (χ3v) is 5.21. The number of benzene rings is 1. The Kier molecular flexibility index (Phi) is 4.92. The van der Waals surface area contributed by atoms with Crippen molar-refractivity contribution < 1.29 is 27.8 Å². The Bertz CT molecular complexity index is 655. The number of carboxylic acids is 1. The molecule has 0 unspecified atom stereocenters. The largest absolute Gasteiger partial charge is 0.490 e. The predicted molar refractivity (Wildman–Crippen MR) is 78.7 cm³/mol. The van der Waals surface area contributed by atoms with E-state index in [9.17, 15) is 13.2 Å². The first-order chi connectivity index (χ1) is 10.3. The third kappa shape index (κ3) is 3.50. The van der Waals surface area contributed by atoms with E-state index in [2.05, 4.69) is 0 Å². The Morgan fingerprint density at radius 1 is 1.27 bits per heavy atom. The molecule has 0 radical (unpaired) electrons. The molecule has 1 heterocycles. The second kappa shape index (κ2) is 6.53. The number of rotatable bonds is 5. The molecule has 2 rings (SSSR count). The molecule has 0 saturated carbocycles. The van der Waals surface area contributed by atoms with Crippen LogP contribution in [0.25, 0.3) is 0 Å². The van der Waals surface area contributed by atoms with Gasteiger partial charge in [-0.05, 0) is 26.0 Å². The van der Waals surface area contributed by atoms with Crippen molar-refractivity contribution in [3.8, 4) is 11.5 Å². The summed E-state index contributed by atoms with van der Waals surface area (Å²) in [7, 11) is -3.92. The third-order valence-electron chi connectivity index (χ3n) is 3.19. The van der Waals surface area contributed by atoms with E-state index in [1.54, 1.807) is 13.8 Å². The molecule has 122 valence electrons. The van der Waals surface area contributed by atoms with Gasteiger partial charge in [-0.25, -0.2) is 8.42 Å². The van der Waals surface area contributed by atoms with Gasteiger partial charge in [0.2, 0.25) is 10.0 Å². The first-order valence-corrected chi connectivity index (χ1v) is 8.39. The number of carboxylic acid groups (broad SMARTS) is 1. The molecule has 0 saturated heterocycles. The Labute approximate surface area is 129 Å². The van der Waals surface area contributed by atoms with Crippen LogP contribution in [0.1, 0.15) is 20.3 Å². The van der Waals surface area contributed by atoms with Crippen molar-refractivity contribution in [2.24, 2.45) is 0 Å². The molecule has 1 aliphatic rings. The van der Waals surface area contributed by atoms with Crippen LogP contribution in [0.3, 0.4) is 0 Å². The van der Waals surface area contributed by atoms with Crippen molar-refractivity contribution in [2.45, 2.75) is 31.2 Å². The quantitative estimate of drug-likeness (QED) is 0.876. The summed E-state index contributed by atoms with van der Waals surface area (Å²) in [6.45, 7) is 3.62. The summed E-state index contributed by atoms with van der Waals surface area (Å²) < 4.78 is 37.2. The first-order valence-electron chi connectivity index (χ1n) is 6.95. The average Bonchev–Trinajstić information content (AvgIpc) is 2.68. The minimum Gasteiger partial charge on any atom is -0.490 e. The number of aliphatic carboxylic acids is 1. The molecule has 1 aliphatic heterocycles. The van der Waals surface area contributed by atoms with Crippen LogP contribution in [0.4, 0.5) is 0 Å². The van der Waals surface area contributed by atoms with Crippen molar-refractivity contribution in [1.82, 2.24) is 4.31 Å². The van der Waals surface area contributed by atoms with Gasteiger partial charge in [0.25, 0.3) is 0 Å². The summed E-state index contributed by atoms with van der Waals surface area (Å²) in [6.07, 6.45) is 0.716. The van der Waals surface area contributed by atoms with Gasteiger partial charge in [0, 0.05) is 18.5 Å². The lowest BCUT2D eigenvalue weighted by atomic mass is 10.3.